The average Bonchev–Trinajstić information content (AvgIpc) is 2.75. The minimum Gasteiger partial charge on any atom is -0.468 e. The Morgan fingerprint density at radius 2 is 2.06 bits per heavy atom. The van der Waals surface area contributed by atoms with Crippen molar-refractivity contribution in [2.24, 2.45) is 11.3 Å². The van der Waals surface area contributed by atoms with E-state index in [1.807, 2.05) is 7.05 Å². The second-order valence-electron chi connectivity index (χ2n) is 4.95. The smallest absolute Gasteiger partial charge is 0.318 e. The van der Waals surface area contributed by atoms with Crippen molar-refractivity contribution in [3.63, 3.8) is 0 Å². The lowest BCUT2D eigenvalue weighted by Crippen LogP contribution is -2.63. The third kappa shape index (κ3) is 1.74. The van der Waals surface area contributed by atoms with Crippen molar-refractivity contribution in [3.8, 4) is 0 Å². The van der Waals surface area contributed by atoms with Crippen LogP contribution in [-0.2, 0) is 14.3 Å². The maximum absolute atomic E-state index is 11.9. The molecule has 92 valence electrons. The number of hydrogen-bond donors (Lipinski definition) is 1. The molecule has 1 N–H and O–H groups in total. The SMILES string of the molecule is CNC(C1CCCC1)C1(C(=O)OC)COC1. The third-order valence-corrected chi connectivity index (χ3v) is 4.09. The normalized spacial score (nSPS) is 26.1. The van der Waals surface area contributed by atoms with Gasteiger partial charge in [0.15, 0.2) is 0 Å². The summed E-state index contributed by atoms with van der Waals surface area (Å²) in [6, 6.07) is 0.205. The average molecular weight is 227 g/mol. The van der Waals surface area contributed by atoms with E-state index in [1.165, 1.54) is 32.8 Å². The third-order valence-electron chi connectivity index (χ3n) is 4.09. The Hall–Kier alpha value is -0.610. The van der Waals surface area contributed by atoms with E-state index in [1.54, 1.807) is 0 Å². The van der Waals surface area contributed by atoms with Gasteiger partial charge in [-0.2, -0.15) is 0 Å². The van der Waals surface area contributed by atoms with Crippen molar-refractivity contribution in [2.45, 2.75) is 31.7 Å². The fraction of sp³-hybridized carbons (Fsp3) is 0.917. The number of carbonyl (C=O) groups excluding carboxylic acids is 1. The zero-order valence-corrected chi connectivity index (χ0v) is 10.1. The molecule has 1 aliphatic heterocycles. The Morgan fingerprint density at radius 1 is 1.44 bits per heavy atom. The van der Waals surface area contributed by atoms with Crippen molar-refractivity contribution >= 4 is 5.97 Å². The highest BCUT2D eigenvalue weighted by Crippen LogP contribution is 2.41. The van der Waals surface area contributed by atoms with E-state index in [0.717, 1.165) is 0 Å². The molecule has 1 saturated carbocycles. The molecule has 1 atom stereocenters. The summed E-state index contributed by atoms with van der Waals surface area (Å²) < 4.78 is 10.2. The fourth-order valence-corrected chi connectivity index (χ4v) is 3.20. The molecular weight excluding hydrogens is 206 g/mol. The second kappa shape index (κ2) is 4.72. The molecule has 4 heteroatoms. The van der Waals surface area contributed by atoms with Crippen LogP contribution in [0, 0.1) is 11.3 Å². The van der Waals surface area contributed by atoms with Crippen LogP contribution >= 0.6 is 0 Å². The Bertz CT molecular complexity index is 257. The molecule has 4 nitrogen and oxygen atoms in total. The number of ether oxygens (including phenoxy) is 2. The van der Waals surface area contributed by atoms with Crippen molar-refractivity contribution in [3.05, 3.63) is 0 Å². The molecule has 0 aromatic heterocycles. The predicted molar refractivity (Wildman–Crippen MR) is 60.1 cm³/mol. The summed E-state index contributed by atoms with van der Waals surface area (Å²) in [5.74, 6) is 0.470. The van der Waals surface area contributed by atoms with Gasteiger partial charge in [-0.1, -0.05) is 12.8 Å². The largest absolute Gasteiger partial charge is 0.468 e. The molecule has 2 aliphatic rings. The van der Waals surface area contributed by atoms with Crippen LogP contribution in [-0.4, -0.2) is 39.4 Å². The van der Waals surface area contributed by atoms with Crippen molar-refractivity contribution in [1.29, 1.82) is 0 Å². The van der Waals surface area contributed by atoms with Crippen LogP contribution in [0.3, 0.4) is 0 Å². The van der Waals surface area contributed by atoms with Crippen molar-refractivity contribution in [1.82, 2.24) is 5.32 Å². The zero-order valence-electron chi connectivity index (χ0n) is 10.1. The van der Waals surface area contributed by atoms with E-state index in [2.05, 4.69) is 5.32 Å². The van der Waals surface area contributed by atoms with Crippen LogP contribution in [0.2, 0.25) is 0 Å². The van der Waals surface area contributed by atoms with Gasteiger partial charge < -0.3 is 14.8 Å². The zero-order chi connectivity index (χ0) is 11.6. The highest BCUT2D eigenvalue weighted by Gasteiger charge is 2.55. The van der Waals surface area contributed by atoms with Crippen molar-refractivity contribution < 1.29 is 14.3 Å². The second-order valence-corrected chi connectivity index (χ2v) is 4.95. The lowest BCUT2D eigenvalue weighted by molar-refractivity contribution is -0.192. The van der Waals surface area contributed by atoms with Crippen LogP contribution in [0.4, 0.5) is 0 Å². The molecule has 1 saturated heterocycles. The standard InChI is InChI=1S/C12H21NO3/c1-13-10(9-5-3-4-6-9)12(7-16-8-12)11(14)15-2/h9-10,13H,3-8H2,1-2H3. The quantitative estimate of drug-likeness (QED) is 0.727. The first-order chi connectivity index (χ1) is 7.74. The maximum atomic E-state index is 11.9. The molecule has 16 heavy (non-hydrogen) atoms. The predicted octanol–water partition coefficient (Wildman–Crippen LogP) is 0.954. The monoisotopic (exact) mass is 227 g/mol. The Morgan fingerprint density at radius 3 is 2.44 bits per heavy atom. The number of rotatable bonds is 4. The number of esters is 1. The van der Waals surface area contributed by atoms with Gasteiger partial charge in [0.05, 0.1) is 20.3 Å². The highest BCUT2D eigenvalue weighted by molar-refractivity contribution is 5.79. The summed E-state index contributed by atoms with van der Waals surface area (Å²) in [5, 5.41) is 3.32. The molecule has 2 fully saturated rings. The summed E-state index contributed by atoms with van der Waals surface area (Å²) >= 11 is 0. The molecule has 0 bridgehead atoms. The molecule has 1 unspecified atom stereocenters. The van der Waals surface area contributed by atoms with E-state index >= 15 is 0 Å². The number of nitrogens with one attached hydrogen (secondary N) is 1. The molecule has 2 rings (SSSR count). The van der Waals surface area contributed by atoms with Crippen molar-refractivity contribution in [2.75, 3.05) is 27.4 Å². The lowest BCUT2D eigenvalue weighted by atomic mass is 9.72. The fourth-order valence-electron chi connectivity index (χ4n) is 3.20. The molecule has 0 spiro atoms. The van der Waals surface area contributed by atoms with Gasteiger partial charge in [0.1, 0.15) is 5.41 Å². The van der Waals surface area contributed by atoms with Crippen LogP contribution in [0.5, 0.6) is 0 Å². The van der Waals surface area contributed by atoms with Crippen LogP contribution in [0.15, 0.2) is 0 Å². The van der Waals surface area contributed by atoms with Gasteiger partial charge in [-0.15, -0.1) is 0 Å². The Kier molecular flexibility index (Phi) is 3.50. The minimum absolute atomic E-state index is 0.120. The van der Waals surface area contributed by atoms with E-state index in [-0.39, 0.29) is 12.0 Å². The summed E-state index contributed by atoms with van der Waals surface area (Å²) in [4.78, 5) is 11.9. The first-order valence-corrected chi connectivity index (χ1v) is 6.08. The van der Waals surface area contributed by atoms with Gasteiger partial charge in [-0.05, 0) is 25.8 Å². The number of carbonyl (C=O) groups is 1. The van der Waals surface area contributed by atoms with E-state index < -0.39 is 5.41 Å². The minimum atomic E-state index is -0.432. The first-order valence-electron chi connectivity index (χ1n) is 6.08. The molecule has 0 amide bonds. The van der Waals surface area contributed by atoms with Crippen LogP contribution in [0.25, 0.3) is 0 Å². The van der Waals surface area contributed by atoms with Crippen LogP contribution < -0.4 is 5.32 Å². The summed E-state index contributed by atoms with van der Waals surface area (Å²) in [7, 11) is 3.40. The van der Waals surface area contributed by atoms with Gasteiger partial charge in [0.25, 0.3) is 0 Å². The number of hydrogen-bond acceptors (Lipinski definition) is 4. The van der Waals surface area contributed by atoms with Gasteiger partial charge >= 0.3 is 5.97 Å². The van der Waals surface area contributed by atoms with E-state index in [4.69, 9.17) is 9.47 Å². The molecule has 1 heterocycles. The van der Waals surface area contributed by atoms with Gasteiger partial charge in [-0.3, -0.25) is 4.79 Å². The van der Waals surface area contributed by atoms with Gasteiger partial charge in [-0.25, -0.2) is 0 Å². The molecule has 0 radical (unpaired) electrons. The lowest BCUT2D eigenvalue weighted by Gasteiger charge is -2.46. The van der Waals surface area contributed by atoms with Gasteiger partial charge in [0.2, 0.25) is 0 Å². The Balaban J connectivity index is 2.13. The maximum Gasteiger partial charge on any atom is 0.318 e. The molecule has 1 aliphatic carbocycles. The summed E-state index contributed by atoms with van der Waals surface area (Å²) in [6.45, 7) is 1.00. The molecule has 0 aromatic rings. The molecule has 0 aromatic carbocycles. The summed E-state index contributed by atoms with van der Waals surface area (Å²) in [5.41, 5.74) is -0.432. The van der Waals surface area contributed by atoms with E-state index in [0.29, 0.717) is 19.1 Å². The highest BCUT2D eigenvalue weighted by atomic mass is 16.5. The van der Waals surface area contributed by atoms with Crippen LogP contribution in [0.1, 0.15) is 25.7 Å². The first kappa shape index (κ1) is 11.9. The Labute approximate surface area is 96.7 Å². The topological polar surface area (TPSA) is 47.6 Å². The summed E-state index contributed by atoms with van der Waals surface area (Å²) in [6.07, 6.45) is 4.98. The number of methoxy groups -OCH3 is 1. The van der Waals surface area contributed by atoms with Gasteiger partial charge in [0, 0.05) is 6.04 Å². The van der Waals surface area contributed by atoms with E-state index in [9.17, 15) is 4.79 Å². The molecular formula is C12H21NO3.